The van der Waals surface area contributed by atoms with Crippen molar-refractivity contribution in [3.05, 3.63) is 82.0 Å². The maximum Gasteiger partial charge on any atom is 0.323 e. The van der Waals surface area contributed by atoms with Crippen LogP contribution in [0.5, 0.6) is 0 Å². The van der Waals surface area contributed by atoms with Crippen LogP contribution in [0.3, 0.4) is 0 Å². The van der Waals surface area contributed by atoms with Crippen molar-refractivity contribution in [3.8, 4) is 11.3 Å². The highest BCUT2D eigenvalue weighted by Crippen LogP contribution is 2.29. The van der Waals surface area contributed by atoms with E-state index in [0.717, 1.165) is 11.1 Å². The van der Waals surface area contributed by atoms with Crippen molar-refractivity contribution in [3.63, 3.8) is 0 Å². The molecule has 186 valence electrons. The number of hydrogen-bond acceptors (Lipinski definition) is 6. The van der Waals surface area contributed by atoms with E-state index in [-0.39, 0.29) is 18.9 Å². The lowest BCUT2D eigenvalue weighted by Gasteiger charge is -2.24. The molecular formula is C27H29Cl2NO5. The summed E-state index contributed by atoms with van der Waals surface area (Å²) in [4.78, 5) is 25.5. The van der Waals surface area contributed by atoms with Crippen molar-refractivity contribution in [2.24, 2.45) is 5.92 Å². The summed E-state index contributed by atoms with van der Waals surface area (Å²) >= 11 is 12.2. The van der Waals surface area contributed by atoms with E-state index in [0.29, 0.717) is 28.0 Å². The number of methoxy groups -OCH3 is 1. The van der Waals surface area contributed by atoms with E-state index in [1.165, 1.54) is 7.11 Å². The molecule has 0 fully saturated rings. The van der Waals surface area contributed by atoms with Gasteiger partial charge >= 0.3 is 11.9 Å². The van der Waals surface area contributed by atoms with Gasteiger partial charge in [-0.1, -0.05) is 67.4 Å². The second-order valence-electron chi connectivity index (χ2n) is 8.65. The third-order valence-electron chi connectivity index (χ3n) is 5.32. The van der Waals surface area contributed by atoms with Crippen LogP contribution in [0.2, 0.25) is 10.0 Å². The fourth-order valence-corrected chi connectivity index (χ4v) is 4.19. The maximum atomic E-state index is 12.9. The number of carbonyl (C=O) groups excluding carboxylic acids is 2. The van der Waals surface area contributed by atoms with Crippen molar-refractivity contribution in [2.75, 3.05) is 7.11 Å². The van der Waals surface area contributed by atoms with Gasteiger partial charge < -0.3 is 13.9 Å². The molecule has 1 heterocycles. The second-order valence-corrected chi connectivity index (χ2v) is 9.52. The molecule has 0 aliphatic rings. The van der Waals surface area contributed by atoms with Crippen LogP contribution in [0.25, 0.3) is 11.3 Å². The average molecular weight is 518 g/mol. The van der Waals surface area contributed by atoms with Crippen LogP contribution in [0.15, 0.2) is 65.1 Å². The molecule has 0 aliphatic heterocycles. The van der Waals surface area contributed by atoms with Crippen LogP contribution in [0.1, 0.15) is 31.6 Å². The molecule has 2 atom stereocenters. The lowest BCUT2D eigenvalue weighted by atomic mass is 10.0. The summed E-state index contributed by atoms with van der Waals surface area (Å²) in [5.74, 6) is 0.371. The molecule has 0 amide bonds. The Morgan fingerprint density at radius 1 is 0.943 bits per heavy atom. The number of carbonyl (C=O) groups is 2. The van der Waals surface area contributed by atoms with Crippen molar-refractivity contribution >= 4 is 35.1 Å². The first kappa shape index (κ1) is 26.8. The number of hydrogen-bond donors (Lipinski definition) is 1. The first-order valence-corrected chi connectivity index (χ1v) is 12.1. The Labute approximate surface area is 215 Å². The predicted octanol–water partition coefficient (Wildman–Crippen LogP) is 6.09. The zero-order valence-electron chi connectivity index (χ0n) is 19.9. The van der Waals surface area contributed by atoms with E-state index in [1.54, 1.807) is 30.3 Å². The lowest BCUT2D eigenvalue weighted by Crippen LogP contribution is -2.49. The molecule has 0 saturated heterocycles. The fraction of sp³-hybridized carbons (Fsp3) is 0.333. The molecule has 35 heavy (non-hydrogen) atoms. The largest absolute Gasteiger partial charge is 0.468 e. The van der Waals surface area contributed by atoms with E-state index in [4.69, 9.17) is 37.1 Å². The van der Waals surface area contributed by atoms with Gasteiger partial charge in [0, 0.05) is 22.0 Å². The Morgan fingerprint density at radius 3 is 2.26 bits per heavy atom. The average Bonchev–Trinajstić information content (AvgIpc) is 3.29. The normalized spacial score (nSPS) is 12.9. The van der Waals surface area contributed by atoms with Crippen molar-refractivity contribution in [1.29, 1.82) is 0 Å². The van der Waals surface area contributed by atoms with Gasteiger partial charge in [-0.15, -0.1) is 0 Å². The number of nitrogens with one attached hydrogen (secondary N) is 1. The molecule has 0 radical (unpaired) electrons. The smallest absolute Gasteiger partial charge is 0.323 e. The Morgan fingerprint density at radius 2 is 1.63 bits per heavy atom. The summed E-state index contributed by atoms with van der Waals surface area (Å²) < 4.78 is 16.5. The fourth-order valence-electron chi connectivity index (χ4n) is 3.67. The SMILES string of the molecule is COC(=O)C(Cc1ccc(-c2cc(Cl)cc(Cl)c2)o1)NC(CC(C)C)C(=O)OCc1ccccc1. The van der Waals surface area contributed by atoms with Crippen LogP contribution in [0, 0.1) is 5.92 Å². The summed E-state index contributed by atoms with van der Waals surface area (Å²) in [6.45, 7) is 4.16. The molecule has 2 aromatic carbocycles. The van der Waals surface area contributed by atoms with Crippen LogP contribution in [0.4, 0.5) is 0 Å². The molecular weight excluding hydrogens is 489 g/mol. The first-order valence-electron chi connectivity index (χ1n) is 11.3. The highest BCUT2D eigenvalue weighted by Gasteiger charge is 2.30. The van der Waals surface area contributed by atoms with Crippen molar-refractivity contribution < 1.29 is 23.5 Å². The molecule has 0 bridgehead atoms. The number of rotatable bonds is 11. The van der Waals surface area contributed by atoms with Gasteiger partial charge in [-0.05, 0) is 48.2 Å². The Kier molecular flexibility index (Phi) is 9.78. The van der Waals surface area contributed by atoms with Gasteiger partial charge in [-0.3, -0.25) is 14.9 Å². The van der Waals surface area contributed by atoms with Crippen LogP contribution in [-0.2, 0) is 32.1 Å². The van der Waals surface area contributed by atoms with E-state index in [2.05, 4.69) is 5.32 Å². The molecule has 2 unspecified atom stereocenters. The van der Waals surface area contributed by atoms with Gasteiger partial charge in [0.2, 0.25) is 0 Å². The quantitative estimate of drug-likeness (QED) is 0.310. The summed E-state index contributed by atoms with van der Waals surface area (Å²) in [7, 11) is 1.31. The number of furan rings is 1. The van der Waals surface area contributed by atoms with Crippen molar-refractivity contribution in [1.82, 2.24) is 5.32 Å². The van der Waals surface area contributed by atoms with Gasteiger partial charge in [0.1, 0.15) is 30.2 Å². The van der Waals surface area contributed by atoms with E-state index in [9.17, 15) is 9.59 Å². The molecule has 1 N–H and O–H groups in total. The van der Waals surface area contributed by atoms with Gasteiger partial charge in [0.05, 0.1) is 7.11 Å². The van der Waals surface area contributed by atoms with Crippen LogP contribution < -0.4 is 5.32 Å². The van der Waals surface area contributed by atoms with Crippen LogP contribution in [-0.4, -0.2) is 31.1 Å². The van der Waals surface area contributed by atoms with Gasteiger partial charge in [-0.2, -0.15) is 0 Å². The van der Waals surface area contributed by atoms with E-state index in [1.807, 2.05) is 44.2 Å². The zero-order valence-corrected chi connectivity index (χ0v) is 21.4. The Hall–Kier alpha value is -2.80. The molecule has 0 saturated carbocycles. The monoisotopic (exact) mass is 517 g/mol. The molecule has 3 aromatic rings. The third kappa shape index (κ3) is 8.13. The lowest BCUT2D eigenvalue weighted by molar-refractivity contribution is -0.149. The molecule has 3 rings (SSSR count). The summed E-state index contributed by atoms with van der Waals surface area (Å²) in [5, 5.41) is 4.12. The summed E-state index contributed by atoms with van der Waals surface area (Å²) in [5.41, 5.74) is 1.61. The van der Waals surface area contributed by atoms with Crippen LogP contribution >= 0.6 is 23.2 Å². The molecule has 8 heteroatoms. The minimum Gasteiger partial charge on any atom is -0.468 e. The minimum atomic E-state index is -0.810. The minimum absolute atomic E-state index is 0.155. The molecule has 6 nitrogen and oxygen atoms in total. The number of benzene rings is 2. The number of halogens is 2. The van der Waals surface area contributed by atoms with Gasteiger partial charge in [-0.25, -0.2) is 0 Å². The standard InChI is InChI=1S/C27H29Cl2NO5/c1-17(2)11-23(27(32)34-16-18-7-5-4-6-8-18)30-24(26(31)33-3)15-22-9-10-25(35-22)19-12-20(28)14-21(29)13-19/h4-10,12-14,17,23-24,30H,11,15-16H2,1-3H3. The highest BCUT2D eigenvalue weighted by molar-refractivity contribution is 6.35. The topological polar surface area (TPSA) is 77.8 Å². The number of ether oxygens (including phenoxy) is 2. The summed E-state index contributed by atoms with van der Waals surface area (Å²) in [6, 6.07) is 16.6. The van der Waals surface area contributed by atoms with Crippen molar-refractivity contribution in [2.45, 2.75) is 45.4 Å². The zero-order chi connectivity index (χ0) is 25.4. The molecule has 1 aromatic heterocycles. The van der Waals surface area contributed by atoms with Gasteiger partial charge in [0.15, 0.2) is 0 Å². The second kappa shape index (κ2) is 12.8. The van der Waals surface area contributed by atoms with E-state index >= 15 is 0 Å². The highest BCUT2D eigenvalue weighted by atomic mass is 35.5. The van der Waals surface area contributed by atoms with Gasteiger partial charge in [0.25, 0.3) is 0 Å². The maximum absolute atomic E-state index is 12.9. The van der Waals surface area contributed by atoms with E-state index < -0.39 is 24.0 Å². The Bertz CT molecular complexity index is 1110. The summed E-state index contributed by atoms with van der Waals surface area (Å²) in [6.07, 6.45) is 0.674. The molecule has 0 aliphatic carbocycles. The number of esters is 2. The molecule has 0 spiro atoms. The first-order chi connectivity index (χ1) is 16.7. The Balaban J connectivity index is 1.73. The predicted molar refractivity (Wildman–Crippen MR) is 136 cm³/mol. The third-order valence-corrected chi connectivity index (χ3v) is 5.75.